The molecule has 1 aromatic rings. The van der Waals surface area contributed by atoms with Gasteiger partial charge in [-0.15, -0.1) is 0 Å². The van der Waals surface area contributed by atoms with Crippen LogP contribution in [0.25, 0.3) is 0 Å². The predicted molar refractivity (Wildman–Crippen MR) is 75.4 cm³/mol. The third-order valence-electron chi connectivity index (χ3n) is 3.83. The SMILES string of the molecule is Nc1ccc(S(=O)(=O)NC(C2CC2)C2CC2)cc1Cl. The number of anilines is 1. The van der Waals surface area contributed by atoms with Crippen molar-refractivity contribution in [2.75, 3.05) is 5.73 Å². The second-order valence-corrected chi connectivity index (χ2v) is 7.63. The number of nitrogen functional groups attached to an aromatic ring is 1. The summed E-state index contributed by atoms with van der Waals surface area (Å²) in [6, 6.07) is 4.54. The van der Waals surface area contributed by atoms with E-state index in [9.17, 15) is 8.42 Å². The molecule has 1 aromatic carbocycles. The first kappa shape index (κ1) is 13.2. The molecule has 2 aliphatic carbocycles. The molecule has 0 spiro atoms. The largest absolute Gasteiger partial charge is 0.398 e. The molecule has 0 amide bonds. The quantitative estimate of drug-likeness (QED) is 0.820. The van der Waals surface area contributed by atoms with Crippen LogP contribution < -0.4 is 10.5 Å². The number of halogens is 1. The molecule has 2 aliphatic rings. The summed E-state index contributed by atoms with van der Waals surface area (Å²) in [6.07, 6.45) is 4.52. The first-order valence-corrected chi connectivity index (χ1v) is 8.41. The Labute approximate surface area is 118 Å². The summed E-state index contributed by atoms with van der Waals surface area (Å²) in [5, 5.41) is 0.275. The zero-order chi connectivity index (χ0) is 13.6. The molecular weight excluding hydrogens is 284 g/mol. The van der Waals surface area contributed by atoms with Gasteiger partial charge in [-0.3, -0.25) is 0 Å². The summed E-state index contributed by atoms with van der Waals surface area (Å²) in [5.74, 6) is 1.04. The van der Waals surface area contributed by atoms with E-state index < -0.39 is 10.0 Å². The van der Waals surface area contributed by atoms with Gasteiger partial charge in [0.05, 0.1) is 15.6 Å². The molecular formula is C13H17ClN2O2S. The van der Waals surface area contributed by atoms with E-state index in [2.05, 4.69) is 4.72 Å². The highest BCUT2D eigenvalue weighted by atomic mass is 35.5. The zero-order valence-corrected chi connectivity index (χ0v) is 12.0. The first-order chi connectivity index (χ1) is 8.97. The van der Waals surface area contributed by atoms with Crippen molar-refractivity contribution >= 4 is 27.3 Å². The van der Waals surface area contributed by atoms with E-state index in [-0.39, 0.29) is 16.0 Å². The number of sulfonamides is 1. The van der Waals surface area contributed by atoms with Gasteiger partial charge < -0.3 is 5.73 Å². The van der Waals surface area contributed by atoms with Crippen LogP contribution in [0.4, 0.5) is 5.69 Å². The van der Waals surface area contributed by atoms with Crippen LogP contribution in [0.15, 0.2) is 23.1 Å². The van der Waals surface area contributed by atoms with Gasteiger partial charge in [0.1, 0.15) is 0 Å². The van der Waals surface area contributed by atoms with Crippen LogP contribution in [0.3, 0.4) is 0 Å². The minimum atomic E-state index is -3.50. The topological polar surface area (TPSA) is 72.2 Å². The second-order valence-electron chi connectivity index (χ2n) is 5.51. The molecule has 104 valence electrons. The van der Waals surface area contributed by atoms with Gasteiger partial charge in [0.2, 0.25) is 10.0 Å². The number of nitrogens with two attached hydrogens (primary N) is 1. The summed E-state index contributed by atoms with van der Waals surface area (Å²) >= 11 is 5.89. The van der Waals surface area contributed by atoms with Gasteiger partial charge in [-0.05, 0) is 55.7 Å². The van der Waals surface area contributed by atoms with E-state index >= 15 is 0 Å². The molecule has 0 saturated heterocycles. The summed E-state index contributed by atoms with van der Waals surface area (Å²) in [7, 11) is -3.50. The fourth-order valence-corrected chi connectivity index (χ4v) is 4.05. The molecule has 0 unspecified atom stereocenters. The number of benzene rings is 1. The zero-order valence-electron chi connectivity index (χ0n) is 10.5. The van der Waals surface area contributed by atoms with Gasteiger partial charge in [0.25, 0.3) is 0 Å². The van der Waals surface area contributed by atoms with Crippen molar-refractivity contribution in [1.82, 2.24) is 4.72 Å². The van der Waals surface area contributed by atoms with Crippen LogP contribution in [-0.2, 0) is 10.0 Å². The third-order valence-corrected chi connectivity index (χ3v) is 5.62. The molecule has 2 fully saturated rings. The van der Waals surface area contributed by atoms with Crippen LogP contribution in [0, 0.1) is 11.8 Å². The summed E-state index contributed by atoms with van der Waals surface area (Å²) in [5.41, 5.74) is 5.99. The van der Waals surface area contributed by atoms with Crippen LogP contribution in [0.1, 0.15) is 25.7 Å². The molecule has 4 nitrogen and oxygen atoms in total. The number of hydrogen-bond donors (Lipinski definition) is 2. The maximum atomic E-state index is 12.4. The fraction of sp³-hybridized carbons (Fsp3) is 0.538. The van der Waals surface area contributed by atoms with Crippen LogP contribution in [-0.4, -0.2) is 14.5 Å². The highest BCUT2D eigenvalue weighted by molar-refractivity contribution is 7.89. The lowest BCUT2D eigenvalue weighted by molar-refractivity contribution is 0.471. The highest BCUT2D eigenvalue weighted by Crippen LogP contribution is 2.45. The van der Waals surface area contributed by atoms with Crippen molar-refractivity contribution < 1.29 is 8.42 Å². The summed E-state index contributed by atoms with van der Waals surface area (Å²) in [6.45, 7) is 0. The Balaban J connectivity index is 1.82. The molecule has 0 aliphatic heterocycles. The fourth-order valence-electron chi connectivity index (χ4n) is 2.41. The molecule has 0 aromatic heterocycles. The Bertz CT molecular complexity index is 583. The lowest BCUT2D eigenvalue weighted by Crippen LogP contribution is -2.38. The maximum Gasteiger partial charge on any atom is 0.240 e. The lowest BCUT2D eigenvalue weighted by atomic mass is 10.1. The maximum absolute atomic E-state index is 12.4. The Hall–Kier alpha value is -0.780. The molecule has 3 N–H and O–H groups in total. The smallest absolute Gasteiger partial charge is 0.240 e. The molecule has 0 atom stereocenters. The van der Waals surface area contributed by atoms with E-state index in [0.717, 1.165) is 25.7 Å². The Morgan fingerprint density at radius 1 is 1.21 bits per heavy atom. The second kappa shape index (κ2) is 4.65. The van der Waals surface area contributed by atoms with Crippen molar-refractivity contribution in [2.24, 2.45) is 11.8 Å². The van der Waals surface area contributed by atoms with Crippen LogP contribution in [0.2, 0.25) is 5.02 Å². The highest BCUT2D eigenvalue weighted by Gasteiger charge is 2.43. The van der Waals surface area contributed by atoms with Crippen molar-refractivity contribution in [3.63, 3.8) is 0 Å². The number of rotatable bonds is 5. The van der Waals surface area contributed by atoms with Crippen molar-refractivity contribution in [1.29, 1.82) is 0 Å². The monoisotopic (exact) mass is 300 g/mol. The Kier molecular flexibility index (Phi) is 3.23. The average molecular weight is 301 g/mol. The molecule has 0 bridgehead atoms. The standard InChI is InChI=1S/C13H17ClN2O2S/c14-11-7-10(5-6-12(11)15)19(17,18)16-13(8-1-2-8)9-3-4-9/h5-9,13,16H,1-4,15H2. The van der Waals surface area contributed by atoms with E-state index in [1.165, 1.54) is 18.2 Å². The van der Waals surface area contributed by atoms with Gasteiger partial charge in [0, 0.05) is 6.04 Å². The van der Waals surface area contributed by atoms with Crippen molar-refractivity contribution in [2.45, 2.75) is 36.6 Å². The van der Waals surface area contributed by atoms with Gasteiger partial charge in [-0.2, -0.15) is 0 Å². The van der Waals surface area contributed by atoms with Crippen LogP contribution >= 0.6 is 11.6 Å². The summed E-state index contributed by atoms with van der Waals surface area (Å²) in [4.78, 5) is 0.193. The molecule has 0 heterocycles. The minimum absolute atomic E-state index is 0.0985. The molecule has 6 heteroatoms. The number of nitrogens with one attached hydrogen (secondary N) is 1. The lowest BCUT2D eigenvalue weighted by Gasteiger charge is -2.18. The van der Waals surface area contributed by atoms with Crippen LogP contribution in [0.5, 0.6) is 0 Å². The van der Waals surface area contributed by atoms with Gasteiger partial charge in [0.15, 0.2) is 0 Å². The van der Waals surface area contributed by atoms with Crippen molar-refractivity contribution in [3.05, 3.63) is 23.2 Å². The first-order valence-electron chi connectivity index (χ1n) is 6.55. The van der Waals surface area contributed by atoms with E-state index in [0.29, 0.717) is 17.5 Å². The normalized spacial score (nSPS) is 19.9. The van der Waals surface area contributed by atoms with Gasteiger partial charge in [-0.1, -0.05) is 11.6 Å². The predicted octanol–water partition coefficient (Wildman–Crippen LogP) is 2.39. The Morgan fingerprint density at radius 3 is 2.26 bits per heavy atom. The van der Waals surface area contributed by atoms with Gasteiger partial charge in [-0.25, -0.2) is 13.1 Å². The van der Waals surface area contributed by atoms with E-state index in [1.807, 2.05) is 0 Å². The molecule has 0 radical (unpaired) electrons. The van der Waals surface area contributed by atoms with E-state index in [1.54, 1.807) is 0 Å². The average Bonchev–Trinajstić information content (AvgIpc) is 3.23. The van der Waals surface area contributed by atoms with Gasteiger partial charge >= 0.3 is 0 Å². The molecule has 2 saturated carbocycles. The van der Waals surface area contributed by atoms with Crippen molar-refractivity contribution in [3.8, 4) is 0 Å². The molecule has 3 rings (SSSR count). The minimum Gasteiger partial charge on any atom is -0.398 e. The number of hydrogen-bond acceptors (Lipinski definition) is 3. The summed E-state index contributed by atoms with van der Waals surface area (Å²) < 4.78 is 27.6. The third kappa shape index (κ3) is 2.88. The molecule has 19 heavy (non-hydrogen) atoms. The van der Waals surface area contributed by atoms with E-state index in [4.69, 9.17) is 17.3 Å². The Morgan fingerprint density at radius 2 is 1.79 bits per heavy atom.